The third kappa shape index (κ3) is 4.07. The summed E-state index contributed by atoms with van der Waals surface area (Å²) < 4.78 is 5.33. The van der Waals surface area contributed by atoms with Gasteiger partial charge in [-0.1, -0.05) is 6.07 Å². The monoisotopic (exact) mass is 248 g/mol. The third-order valence-corrected chi connectivity index (χ3v) is 2.40. The molecule has 0 aliphatic carbocycles. The molecule has 5 nitrogen and oxygen atoms in total. The Balaban J connectivity index is 2.58. The second-order valence-corrected chi connectivity index (χ2v) is 3.92. The molecule has 0 aromatic heterocycles. The summed E-state index contributed by atoms with van der Waals surface area (Å²) in [6.07, 6.45) is -0.531. The lowest BCUT2D eigenvalue weighted by Gasteiger charge is -2.11. The smallest absolute Gasteiger partial charge is 0.258 e. The molecule has 0 saturated carbocycles. The van der Waals surface area contributed by atoms with Crippen molar-refractivity contribution < 1.29 is 14.6 Å². The zero-order valence-electron chi connectivity index (χ0n) is 10.4. The molecule has 0 spiro atoms. The second kappa shape index (κ2) is 6.62. The van der Waals surface area contributed by atoms with Crippen LogP contribution in [0.3, 0.4) is 0 Å². The van der Waals surface area contributed by atoms with Gasteiger partial charge in [-0.2, -0.15) is 5.26 Å². The standard InChI is InChI=1S/C13H16N2O3/c1-9-7-11(10(2)16)3-4-12(9)18-8-13(17)15-6-5-14/h3-4,7,10,16H,6,8H2,1-2H3,(H,15,17)/t10-/m0/s1. The Bertz CT molecular complexity index is 464. The van der Waals surface area contributed by atoms with Crippen molar-refractivity contribution in [3.63, 3.8) is 0 Å². The SMILES string of the molecule is Cc1cc([C@H](C)O)ccc1OCC(=O)NCC#N. The zero-order valence-corrected chi connectivity index (χ0v) is 10.4. The van der Waals surface area contributed by atoms with E-state index in [1.54, 1.807) is 19.1 Å². The van der Waals surface area contributed by atoms with Crippen molar-refractivity contribution in [2.75, 3.05) is 13.2 Å². The van der Waals surface area contributed by atoms with Gasteiger partial charge in [0.1, 0.15) is 12.3 Å². The van der Waals surface area contributed by atoms with E-state index < -0.39 is 6.10 Å². The molecule has 0 aliphatic rings. The molecular weight excluding hydrogens is 232 g/mol. The van der Waals surface area contributed by atoms with Gasteiger partial charge in [-0.05, 0) is 37.1 Å². The van der Waals surface area contributed by atoms with E-state index in [0.29, 0.717) is 5.75 Å². The summed E-state index contributed by atoms with van der Waals surface area (Å²) in [5.41, 5.74) is 1.65. The van der Waals surface area contributed by atoms with E-state index in [-0.39, 0.29) is 19.1 Å². The van der Waals surface area contributed by atoms with Crippen LogP contribution in [0.2, 0.25) is 0 Å². The van der Waals surface area contributed by atoms with Crippen LogP contribution in [0.25, 0.3) is 0 Å². The van der Waals surface area contributed by atoms with E-state index in [0.717, 1.165) is 11.1 Å². The summed E-state index contributed by atoms with van der Waals surface area (Å²) >= 11 is 0. The molecule has 1 rings (SSSR count). The maximum absolute atomic E-state index is 11.2. The summed E-state index contributed by atoms with van der Waals surface area (Å²) in [5.74, 6) is 0.252. The van der Waals surface area contributed by atoms with Crippen LogP contribution in [0.4, 0.5) is 0 Å². The Kier molecular flexibility index (Phi) is 5.15. The first-order valence-electron chi connectivity index (χ1n) is 5.59. The summed E-state index contributed by atoms with van der Waals surface area (Å²) in [5, 5.41) is 20.1. The Morgan fingerprint density at radius 1 is 1.61 bits per heavy atom. The molecule has 1 amide bonds. The maximum Gasteiger partial charge on any atom is 0.258 e. The number of aryl methyl sites for hydroxylation is 1. The topological polar surface area (TPSA) is 82.3 Å². The largest absolute Gasteiger partial charge is 0.484 e. The zero-order chi connectivity index (χ0) is 13.5. The number of carbonyl (C=O) groups excluding carboxylic acids is 1. The average molecular weight is 248 g/mol. The minimum atomic E-state index is -0.531. The third-order valence-electron chi connectivity index (χ3n) is 2.40. The first-order chi connectivity index (χ1) is 8.54. The molecule has 0 aliphatic heterocycles. The number of nitrogens with zero attached hydrogens (tertiary/aromatic N) is 1. The highest BCUT2D eigenvalue weighted by atomic mass is 16.5. The summed E-state index contributed by atoms with van der Waals surface area (Å²) in [6, 6.07) is 7.09. The first kappa shape index (κ1) is 14.0. The predicted octanol–water partition coefficient (Wildman–Crippen LogP) is 1.07. The molecule has 0 radical (unpaired) electrons. The Morgan fingerprint density at radius 3 is 2.89 bits per heavy atom. The molecule has 0 saturated heterocycles. The predicted molar refractivity (Wildman–Crippen MR) is 65.9 cm³/mol. The molecule has 96 valence electrons. The van der Waals surface area contributed by atoms with Crippen molar-refractivity contribution >= 4 is 5.91 Å². The highest BCUT2D eigenvalue weighted by Crippen LogP contribution is 2.22. The van der Waals surface area contributed by atoms with Crippen LogP contribution in [0, 0.1) is 18.3 Å². The van der Waals surface area contributed by atoms with Gasteiger partial charge in [-0.3, -0.25) is 4.79 Å². The minimum absolute atomic E-state index is 0.0257. The number of hydrogen-bond donors (Lipinski definition) is 2. The van der Waals surface area contributed by atoms with Crippen LogP contribution in [0.5, 0.6) is 5.75 Å². The number of hydrogen-bond acceptors (Lipinski definition) is 4. The van der Waals surface area contributed by atoms with Crippen molar-refractivity contribution in [1.82, 2.24) is 5.32 Å². The van der Waals surface area contributed by atoms with Crippen molar-refractivity contribution in [2.24, 2.45) is 0 Å². The van der Waals surface area contributed by atoms with Crippen molar-refractivity contribution in [2.45, 2.75) is 20.0 Å². The van der Waals surface area contributed by atoms with Gasteiger partial charge in [0.25, 0.3) is 5.91 Å². The van der Waals surface area contributed by atoms with Crippen LogP contribution >= 0.6 is 0 Å². The summed E-state index contributed by atoms with van der Waals surface area (Å²) in [6.45, 7) is 3.37. The summed E-state index contributed by atoms with van der Waals surface area (Å²) in [4.78, 5) is 11.2. The summed E-state index contributed by atoms with van der Waals surface area (Å²) in [7, 11) is 0. The molecule has 18 heavy (non-hydrogen) atoms. The second-order valence-electron chi connectivity index (χ2n) is 3.92. The normalized spacial score (nSPS) is 11.4. The molecule has 0 unspecified atom stereocenters. The Hall–Kier alpha value is -2.06. The van der Waals surface area contributed by atoms with Crippen LogP contribution in [0.1, 0.15) is 24.2 Å². The number of nitrogens with one attached hydrogen (secondary N) is 1. The molecule has 5 heteroatoms. The number of benzene rings is 1. The van der Waals surface area contributed by atoms with Crippen LogP contribution < -0.4 is 10.1 Å². The fraction of sp³-hybridized carbons (Fsp3) is 0.385. The van der Waals surface area contributed by atoms with Gasteiger partial charge in [-0.15, -0.1) is 0 Å². The van der Waals surface area contributed by atoms with Crippen LogP contribution in [0.15, 0.2) is 18.2 Å². The molecular formula is C13H16N2O3. The number of nitriles is 1. The van der Waals surface area contributed by atoms with Gasteiger partial charge in [0.2, 0.25) is 0 Å². The van der Waals surface area contributed by atoms with Gasteiger partial charge in [0.05, 0.1) is 12.2 Å². The highest BCUT2D eigenvalue weighted by molar-refractivity contribution is 5.77. The maximum atomic E-state index is 11.2. The number of ether oxygens (including phenoxy) is 1. The van der Waals surface area contributed by atoms with Crippen molar-refractivity contribution in [3.8, 4) is 11.8 Å². The van der Waals surface area contributed by atoms with E-state index in [4.69, 9.17) is 10.00 Å². The van der Waals surface area contributed by atoms with Crippen LogP contribution in [-0.2, 0) is 4.79 Å². The molecule has 0 heterocycles. The van der Waals surface area contributed by atoms with E-state index in [1.165, 1.54) is 0 Å². The van der Waals surface area contributed by atoms with Crippen LogP contribution in [-0.4, -0.2) is 24.2 Å². The lowest BCUT2D eigenvalue weighted by molar-refractivity contribution is -0.122. The van der Waals surface area contributed by atoms with E-state index in [1.807, 2.05) is 19.1 Å². The highest BCUT2D eigenvalue weighted by Gasteiger charge is 2.07. The molecule has 2 N–H and O–H groups in total. The average Bonchev–Trinajstić information content (AvgIpc) is 2.34. The minimum Gasteiger partial charge on any atom is -0.484 e. The number of carbonyl (C=O) groups is 1. The molecule has 0 fully saturated rings. The number of aliphatic hydroxyl groups excluding tert-OH is 1. The molecule has 1 aromatic carbocycles. The molecule has 0 bridgehead atoms. The van der Waals surface area contributed by atoms with Gasteiger partial charge >= 0.3 is 0 Å². The first-order valence-corrected chi connectivity index (χ1v) is 5.59. The Morgan fingerprint density at radius 2 is 2.33 bits per heavy atom. The van der Waals surface area contributed by atoms with Gasteiger partial charge in [-0.25, -0.2) is 0 Å². The van der Waals surface area contributed by atoms with Gasteiger partial charge in [0.15, 0.2) is 6.61 Å². The fourth-order valence-corrected chi connectivity index (χ4v) is 1.43. The number of amides is 1. The van der Waals surface area contributed by atoms with Crippen molar-refractivity contribution in [1.29, 1.82) is 5.26 Å². The van der Waals surface area contributed by atoms with E-state index in [2.05, 4.69) is 5.32 Å². The lowest BCUT2D eigenvalue weighted by Crippen LogP contribution is -2.29. The molecule has 1 aromatic rings. The van der Waals surface area contributed by atoms with Gasteiger partial charge < -0.3 is 15.2 Å². The number of rotatable bonds is 5. The number of aliphatic hydroxyl groups is 1. The lowest BCUT2D eigenvalue weighted by atomic mass is 10.1. The van der Waals surface area contributed by atoms with E-state index >= 15 is 0 Å². The van der Waals surface area contributed by atoms with Crippen molar-refractivity contribution in [3.05, 3.63) is 29.3 Å². The quantitative estimate of drug-likeness (QED) is 0.763. The van der Waals surface area contributed by atoms with E-state index in [9.17, 15) is 9.90 Å². The van der Waals surface area contributed by atoms with Gasteiger partial charge in [0, 0.05) is 0 Å². The fourth-order valence-electron chi connectivity index (χ4n) is 1.43. The molecule has 1 atom stereocenters. The Labute approximate surface area is 106 Å².